The van der Waals surface area contributed by atoms with Crippen molar-refractivity contribution >= 4 is 5.91 Å². The number of hydrogen-bond acceptors (Lipinski definition) is 3. The molecule has 8 heteroatoms. The van der Waals surface area contributed by atoms with Crippen LogP contribution in [0.25, 0.3) is 0 Å². The summed E-state index contributed by atoms with van der Waals surface area (Å²) in [6.45, 7) is 0.641. The first-order valence-electron chi connectivity index (χ1n) is 13.5. The molecule has 0 spiro atoms. The molecule has 41 heavy (non-hydrogen) atoms. The largest absolute Gasteiger partial charge is 0.416 e. The van der Waals surface area contributed by atoms with Gasteiger partial charge in [0.25, 0.3) is 0 Å². The van der Waals surface area contributed by atoms with Crippen LogP contribution < -0.4 is 0 Å². The van der Waals surface area contributed by atoms with Crippen molar-refractivity contribution in [2.45, 2.75) is 37.6 Å². The molecular formula is C33H30F4N2O2. The number of benzene rings is 3. The van der Waals surface area contributed by atoms with Crippen LogP contribution in [-0.4, -0.2) is 35.0 Å². The summed E-state index contributed by atoms with van der Waals surface area (Å²) in [4.78, 5) is 19.5. The van der Waals surface area contributed by atoms with E-state index in [0.717, 1.165) is 23.3 Å². The van der Waals surface area contributed by atoms with Crippen LogP contribution in [0.15, 0.2) is 103 Å². The summed E-state index contributed by atoms with van der Waals surface area (Å²) >= 11 is 0. The van der Waals surface area contributed by atoms with Crippen molar-refractivity contribution in [2.75, 3.05) is 13.1 Å². The number of likely N-dealkylation sites (tertiary alicyclic amines) is 1. The molecule has 0 saturated carbocycles. The molecule has 3 aromatic carbocycles. The molecular weight excluding hydrogens is 532 g/mol. The number of ether oxygens (including phenoxy) is 1. The Kier molecular flexibility index (Phi) is 8.78. The second-order valence-corrected chi connectivity index (χ2v) is 10.3. The zero-order valence-corrected chi connectivity index (χ0v) is 22.3. The molecule has 0 aliphatic carbocycles. The third-order valence-electron chi connectivity index (χ3n) is 7.50. The molecule has 2 atom stereocenters. The lowest BCUT2D eigenvalue weighted by Crippen LogP contribution is -2.49. The van der Waals surface area contributed by atoms with Gasteiger partial charge in [0.15, 0.2) is 0 Å². The molecule has 1 aromatic heterocycles. The number of hydrogen-bond donors (Lipinski definition) is 0. The summed E-state index contributed by atoms with van der Waals surface area (Å²) in [5.74, 6) is -1.37. The van der Waals surface area contributed by atoms with Crippen molar-refractivity contribution in [2.24, 2.45) is 5.92 Å². The Morgan fingerprint density at radius 3 is 2.20 bits per heavy atom. The second-order valence-electron chi connectivity index (χ2n) is 10.3. The highest BCUT2D eigenvalue weighted by molar-refractivity contribution is 5.78. The maximum absolute atomic E-state index is 14.1. The minimum Gasteiger partial charge on any atom is -0.373 e. The number of halogens is 4. The van der Waals surface area contributed by atoms with E-state index in [-0.39, 0.29) is 36.3 Å². The SMILES string of the molecule is O=C(Cc1ccccn1)N1CC[C@@H](OCc2cc(F)cc(C(F)(F)F)c2)[C@@H](C(c2ccccc2)c2ccccc2)C1. The van der Waals surface area contributed by atoms with Crippen molar-refractivity contribution < 1.29 is 27.1 Å². The number of aromatic nitrogens is 1. The predicted molar refractivity (Wildman–Crippen MR) is 147 cm³/mol. The van der Waals surface area contributed by atoms with Gasteiger partial charge in [-0.2, -0.15) is 13.2 Å². The van der Waals surface area contributed by atoms with Crippen LogP contribution >= 0.6 is 0 Å². The Morgan fingerprint density at radius 2 is 1.59 bits per heavy atom. The normalized spacial score (nSPS) is 17.5. The van der Waals surface area contributed by atoms with Gasteiger partial charge in [0, 0.05) is 36.8 Å². The Hall–Kier alpha value is -4.04. The number of nitrogens with zero attached hydrogens (tertiary/aromatic N) is 2. The molecule has 1 aliphatic rings. The minimum atomic E-state index is -4.66. The van der Waals surface area contributed by atoms with Crippen molar-refractivity contribution in [3.05, 3.63) is 137 Å². The van der Waals surface area contributed by atoms with Gasteiger partial charge in [-0.15, -0.1) is 0 Å². The third kappa shape index (κ3) is 7.19. The lowest BCUT2D eigenvalue weighted by atomic mass is 9.75. The van der Waals surface area contributed by atoms with Gasteiger partial charge >= 0.3 is 6.18 Å². The van der Waals surface area contributed by atoms with E-state index in [4.69, 9.17) is 4.74 Å². The van der Waals surface area contributed by atoms with E-state index in [0.29, 0.717) is 31.3 Å². The third-order valence-corrected chi connectivity index (χ3v) is 7.50. The molecule has 0 unspecified atom stereocenters. The molecule has 2 heterocycles. The van der Waals surface area contributed by atoms with Crippen LogP contribution in [-0.2, 0) is 28.7 Å². The summed E-state index contributed by atoms with van der Waals surface area (Å²) < 4.78 is 60.3. The minimum absolute atomic E-state index is 0.0491. The molecule has 4 nitrogen and oxygen atoms in total. The topological polar surface area (TPSA) is 42.4 Å². The molecule has 0 bridgehead atoms. The lowest BCUT2D eigenvalue weighted by molar-refractivity contribution is -0.137. The summed E-state index contributed by atoms with van der Waals surface area (Å²) in [7, 11) is 0. The summed E-state index contributed by atoms with van der Waals surface area (Å²) in [5.41, 5.74) is 1.83. The number of carbonyl (C=O) groups is 1. The maximum atomic E-state index is 14.1. The summed E-state index contributed by atoms with van der Waals surface area (Å²) in [5, 5.41) is 0. The van der Waals surface area contributed by atoms with Gasteiger partial charge in [0.1, 0.15) is 5.82 Å². The van der Waals surface area contributed by atoms with Gasteiger partial charge in [-0.1, -0.05) is 66.7 Å². The predicted octanol–water partition coefficient (Wildman–Crippen LogP) is 7.05. The van der Waals surface area contributed by atoms with Crippen molar-refractivity contribution in [1.82, 2.24) is 9.88 Å². The molecule has 1 saturated heterocycles. The van der Waals surface area contributed by atoms with E-state index < -0.39 is 23.7 Å². The van der Waals surface area contributed by atoms with Gasteiger partial charge in [-0.3, -0.25) is 9.78 Å². The lowest BCUT2D eigenvalue weighted by Gasteiger charge is -2.42. The van der Waals surface area contributed by atoms with Crippen LogP contribution in [0.1, 0.15) is 40.3 Å². The van der Waals surface area contributed by atoms with Crippen LogP contribution in [0.2, 0.25) is 0 Å². The maximum Gasteiger partial charge on any atom is 0.416 e. The Bertz CT molecular complexity index is 1390. The van der Waals surface area contributed by atoms with Crippen molar-refractivity contribution in [3.8, 4) is 0 Å². The average molecular weight is 563 g/mol. The van der Waals surface area contributed by atoms with E-state index in [1.807, 2.05) is 77.7 Å². The number of piperidine rings is 1. The van der Waals surface area contributed by atoms with Gasteiger partial charge in [0.2, 0.25) is 5.91 Å². The Balaban J connectivity index is 1.44. The van der Waals surface area contributed by atoms with Gasteiger partial charge in [0.05, 0.1) is 24.7 Å². The van der Waals surface area contributed by atoms with E-state index in [9.17, 15) is 22.4 Å². The molecule has 4 aromatic rings. The first-order chi connectivity index (χ1) is 19.8. The van der Waals surface area contributed by atoms with Gasteiger partial charge in [-0.05, 0) is 53.4 Å². The highest BCUT2D eigenvalue weighted by Gasteiger charge is 2.39. The van der Waals surface area contributed by atoms with Crippen LogP contribution in [0.5, 0.6) is 0 Å². The smallest absolute Gasteiger partial charge is 0.373 e. The molecule has 0 radical (unpaired) electrons. The molecule has 1 aliphatic heterocycles. The fraction of sp³-hybridized carbons (Fsp3) is 0.273. The zero-order chi connectivity index (χ0) is 28.8. The number of rotatable bonds is 8. The zero-order valence-electron chi connectivity index (χ0n) is 22.3. The molecule has 1 amide bonds. The van der Waals surface area contributed by atoms with Crippen molar-refractivity contribution in [3.63, 3.8) is 0 Å². The first kappa shape index (κ1) is 28.5. The Morgan fingerprint density at radius 1 is 0.927 bits per heavy atom. The van der Waals surface area contributed by atoms with Crippen LogP contribution in [0.4, 0.5) is 17.6 Å². The van der Waals surface area contributed by atoms with Gasteiger partial charge in [-0.25, -0.2) is 4.39 Å². The standard InChI is InChI=1S/C33H30F4N2O2/c34-27-18-23(17-26(19-27)33(35,36)37)22-41-30-14-16-39(31(40)20-28-13-7-8-15-38-28)21-29(30)32(24-9-3-1-4-10-24)25-11-5-2-6-12-25/h1-13,15,17-19,29-30,32H,14,16,20-22H2/t29-,30+/m0/s1. The number of pyridine rings is 1. The fourth-order valence-electron chi connectivity index (χ4n) is 5.59. The van der Waals surface area contributed by atoms with E-state index >= 15 is 0 Å². The molecule has 0 N–H and O–H groups in total. The monoisotopic (exact) mass is 562 g/mol. The van der Waals surface area contributed by atoms with Crippen molar-refractivity contribution in [1.29, 1.82) is 0 Å². The van der Waals surface area contributed by atoms with Crippen LogP contribution in [0.3, 0.4) is 0 Å². The second kappa shape index (κ2) is 12.6. The first-order valence-corrected chi connectivity index (χ1v) is 13.5. The highest BCUT2D eigenvalue weighted by atomic mass is 19.4. The summed E-state index contributed by atoms with van der Waals surface area (Å²) in [6, 6.07) is 27.8. The van der Waals surface area contributed by atoms with E-state index in [1.165, 1.54) is 0 Å². The van der Waals surface area contributed by atoms with E-state index in [1.54, 1.807) is 12.3 Å². The fourth-order valence-corrected chi connectivity index (χ4v) is 5.59. The molecule has 1 fully saturated rings. The number of alkyl halides is 3. The quantitative estimate of drug-likeness (QED) is 0.216. The number of carbonyl (C=O) groups excluding carboxylic acids is 1. The molecule has 5 rings (SSSR count). The van der Waals surface area contributed by atoms with Gasteiger partial charge < -0.3 is 9.64 Å². The molecule has 212 valence electrons. The number of amides is 1. The van der Waals surface area contributed by atoms with Crippen LogP contribution in [0, 0.1) is 11.7 Å². The highest BCUT2D eigenvalue weighted by Crippen LogP contribution is 2.39. The Labute approximate surface area is 236 Å². The summed E-state index contributed by atoms with van der Waals surface area (Å²) in [6.07, 6.45) is -2.75. The average Bonchev–Trinajstić information content (AvgIpc) is 2.97. The van der Waals surface area contributed by atoms with E-state index in [2.05, 4.69) is 4.98 Å².